The summed E-state index contributed by atoms with van der Waals surface area (Å²) >= 11 is 0. The van der Waals surface area contributed by atoms with Crippen molar-refractivity contribution in [2.75, 3.05) is 13.7 Å². The average Bonchev–Trinajstić information content (AvgIpc) is 3.43. The Morgan fingerprint density at radius 2 is 1.71 bits per heavy atom. The van der Waals surface area contributed by atoms with E-state index in [1.54, 1.807) is 25.3 Å². The Bertz CT molecular complexity index is 1950. The van der Waals surface area contributed by atoms with Crippen LogP contribution in [0.5, 0.6) is 11.6 Å². The first-order valence-corrected chi connectivity index (χ1v) is 21.1. The summed E-state index contributed by atoms with van der Waals surface area (Å²) in [7, 11) is -2.96. The number of carbonyl (C=O) groups is 3. The molecule has 2 aliphatic heterocycles. The first-order chi connectivity index (χ1) is 26.5. The van der Waals surface area contributed by atoms with Gasteiger partial charge in [-0.05, 0) is 75.1 Å². The van der Waals surface area contributed by atoms with Crippen LogP contribution < -0.4 is 20.1 Å². The molecule has 2 saturated heterocycles. The maximum atomic E-state index is 14.8. The minimum absolute atomic E-state index is 0.00309. The van der Waals surface area contributed by atoms with Gasteiger partial charge in [-0.15, -0.1) is 0 Å². The van der Waals surface area contributed by atoms with E-state index in [0.29, 0.717) is 35.9 Å². The Labute approximate surface area is 318 Å². The van der Waals surface area contributed by atoms with E-state index in [4.69, 9.17) is 14.2 Å². The number of halogens is 2. The number of amides is 3. The first kappa shape index (κ1) is 38.9. The summed E-state index contributed by atoms with van der Waals surface area (Å²) in [4.78, 5) is 63.8. The van der Waals surface area contributed by atoms with Gasteiger partial charge in [-0.2, -0.15) is 0 Å². The van der Waals surface area contributed by atoms with Gasteiger partial charge in [0.15, 0.2) is 0 Å². The van der Waals surface area contributed by atoms with Crippen LogP contribution in [0, 0.1) is 17.6 Å². The average molecular weight is 784 g/mol. The van der Waals surface area contributed by atoms with Crippen molar-refractivity contribution in [3.05, 3.63) is 59.9 Å². The lowest BCUT2D eigenvalue weighted by Crippen LogP contribution is -2.55. The van der Waals surface area contributed by atoms with E-state index in [0.717, 1.165) is 63.5 Å². The molecule has 4 fully saturated rings. The molecule has 55 heavy (non-hydrogen) atoms. The fourth-order valence-electron chi connectivity index (χ4n) is 8.49. The standard InChI is InChI=1S/C39H48F2N5O8P/c1-52-26-16-17-28-33(18-26)42-23-43-36(28)53-27-19-34-35(47)45-39(55(50,51)22-29-30(40)13-9-14-31(29)41)20-24(39)10-5-3-2-4-6-15-32(37(48)46(34)21-27)44-38(49)54-25-11-7-8-12-25/h9,13-14,16-18,23-25,27,32,34H,2-8,10-12,15,19-22H2,1H3,(H,44,49)(H,45,47)(H,50,51)/t24-,27?,32+,34+,39+/m1/s1. The van der Waals surface area contributed by atoms with Crippen molar-refractivity contribution in [2.24, 2.45) is 5.92 Å². The summed E-state index contributed by atoms with van der Waals surface area (Å²) in [5, 5.41) is 4.59. The molecule has 7 rings (SSSR count). The molecular formula is C39H48F2N5O8P. The summed E-state index contributed by atoms with van der Waals surface area (Å²) in [6.07, 6.45) is 7.07. The number of hydrogen-bond donors (Lipinski definition) is 3. The summed E-state index contributed by atoms with van der Waals surface area (Å²) in [5.41, 5.74) is 0.0421. The monoisotopic (exact) mass is 783 g/mol. The number of nitrogens with one attached hydrogen (secondary N) is 2. The smallest absolute Gasteiger partial charge is 0.408 e. The third-order valence-electron chi connectivity index (χ3n) is 11.6. The Morgan fingerprint density at radius 1 is 1.00 bits per heavy atom. The molecule has 4 aliphatic rings. The first-order valence-electron chi connectivity index (χ1n) is 19.3. The van der Waals surface area contributed by atoms with E-state index in [9.17, 15) is 32.6 Å². The van der Waals surface area contributed by atoms with Gasteiger partial charge >= 0.3 is 6.09 Å². The highest BCUT2D eigenvalue weighted by molar-refractivity contribution is 7.59. The molecule has 2 aliphatic carbocycles. The number of hydrogen-bond acceptors (Lipinski definition) is 9. The zero-order chi connectivity index (χ0) is 38.7. The fourth-order valence-corrected chi connectivity index (χ4v) is 11.0. The van der Waals surface area contributed by atoms with Crippen molar-refractivity contribution in [3.8, 4) is 11.6 Å². The van der Waals surface area contributed by atoms with E-state index >= 15 is 0 Å². The molecule has 2 aromatic carbocycles. The maximum absolute atomic E-state index is 14.8. The molecule has 0 bridgehead atoms. The number of alkyl carbamates (subject to hydrolysis) is 1. The van der Waals surface area contributed by atoms with Crippen LogP contribution in [0.4, 0.5) is 13.6 Å². The lowest BCUT2D eigenvalue weighted by atomic mass is 10.0. The van der Waals surface area contributed by atoms with Crippen LogP contribution in [-0.2, 0) is 25.1 Å². The normalized spacial score (nSPS) is 27.5. The minimum atomic E-state index is -4.50. The van der Waals surface area contributed by atoms with E-state index in [2.05, 4.69) is 20.6 Å². The van der Waals surface area contributed by atoms with Crippen molar-refractivity contribution in [3.63, 3.8) is 0 Å². The molecule has 3 amide bonds. The van der Waals surface area contributed by atoms with Crippen LogP contribution in [0.3, 0.4) is 0 Å². The largest absolute Gasteiger partial charge is 0.497 e. The second-order valence-corrected chi connectivity index (χ2v) is 17.8. The summed E-state index contributed by atoms with van der Waals surface area (Å²) in [6, 6.07) is 6.28. The highest BCUT2D eigenvalue weighted by Gasteiger charge is 2.66. The Morgan fingerprint density at radius 3 is 2.45 bits per heavy atom. The third kappa shape index (κ3) is 8.42. The zero-order valence-corrected chi connectivity index (χ0v) is 31.8. The molecule has 16 heteroatoms. The molecule has 3 aromatic rings. The van der Waals surface area contributed by atoms with E-state index in [1.807, 2.05) is 0 Å². The van der Waals surface area contributed by atoms with E-state index in [-0.39, 0.29) is 31.4 Å². The number of nitrogens with zero attached hydrogens (tertiary/aromatic N) is 3. The number of methoxy groups -OCH3 is 1. The van der Waals surface area contributed by atoms with Gasteiger partial charge in [0, 0.05) is 18.1 Å². The molecular weight excluding hydrogens is 735 g/mol. The van der Waals surface area contributed by atoms with Crippen molar-refractivity contribution in [1.82, 2.24) is 25.5 Å². The van der Waals surface area contributed by atoms with Gasteiger partial charge < -0.3 is 34.6 Å². The zero-order valence-electron chi connectivity index (χ0n) is 30.9. The summed E-state index contributed by atoms with van der Waals surface area (Å²) in [6.45, 7) is -0.0535. The number of fused-ring (bicyclic) bond motifs is 3. The lowest BCUT2D eigenvalue weighted by molar-refractivity contribution is -0.140. The number of benzene rings is 2. The third-order valence-corrected chi connectivity index (χ3v) is 14.3. The number of ether oxygens (including phenoxy) is 3. The van der Waals surface area contributed by atoms with Gasteiger partial charge in [-0.3, -0.25) is 14.2 Å². The van der Waals surface area contributed by atoms with Gasteiger partial charge in [0.25, 0.3) is 0 Å². The quantitative estimate of drug-likeness (QED) is 0.219. The van der Waals surface area contributed by atoms with Gasteiger partial charge in [0.2, 0.25) is 25.1 Å². The van der Waals surface area contributed by atoms with Crippen LogP contribution in [0.1, 0.15) is 89.0 Å². The van der Waals surface area contributed by atoms with Crippen molar-refractivity contribution < 1.29 is 46.8 Å². The molecule has 6 atom stereocenters. The Hall–Kier alpha value is -4.36. The summed E-state index contributed by atoms with van der Waals surface area (Å²) < 4.78 is 61.3. The van der Waals surface area contributed by atoms with E-state index in [1.165, 1.54) is 17.3 Å². The second kappa shape index (κ2) is 16.4. The minimum Gasteiger partial charge on any atom is -0.497 e. The van der Waals surface area contributed by atoms with Gasteiger partial charge in [-0.1, -0.05) is 38.2 Å². The topological polar surface area (TPSA) is 169 Å². The van der Waals surface area contributed by atoms with Gasteiger partial charge in [0.05, 0.1) is 30.7 Å². The number of rotatable bonds is 8. The second-order valence-electron chi connectivity index (χ2n) is 15.3. The lowest BCUT2D eigenvalue weighted by Gasteiger charge is -2.31. The molecule has 2 saturated carbocycles. The molecule has 13 nitrogen and oxygen atoms in total. The molecule has 0 radical (unpaired) electrons. The highest BCUT2D eigenvalue weighted by atomic mass is 31.2. The fraction of sp³-hybridized carbons (Fsp3) is 0.564. The molecule has 3 N–H and O–H groups in total. The molecule has 1 aromatic heterocycles. The van der Waals surface area contributed by atoms with Crippen LogP contribution in [0.25, 0.3) is 10.9 Å². The molecule has 296 valence electrons. The van der Waals surface area contributed by atoms with Crippen LogP contribution >= 0.6 is 7.37 Å². The maximum Gasteiger partial charge on any atom is 0.408 e. The van der Waals surface area contributed by atoms with Crippen LogP contribution in [-0.4, -0.2) is 80.9 Å². The van der Waals surface area contributed by atoms with Crippen LogP contribution in [0.2, 0.25) is 0 Å². The predicted molar refractivity (Wildman–Crippen MR) is 197 cm³/mol. The van der Waals surface area contributed by atoms with Gasteiger partial charge in [-0.25, -0.2) is 23.5 Å². The van der Waals surface area contributed by atoms with Crippen molar-refractivity contribution >= 4 is 36.2 Å². The van der Waals surface area contributed by atoms with Crippen LogP contribution in [0.15, 0.2) is 42.7 Å². The Balaban J connectivity index is 1.19. The predicted octanol–water partition coefficient (Wildman–Crippen LogP) is 6.35. The van der Waals surface area contributed by atoms with Gasteiger partial charge in [0.1, 0.15) is 53.3 Å². The number of aromatic nitrogens is 2. The highest BCUT2D eigenvalue weighted by Crippen LogP contribution is 2.71. The van der Waals surface area contributed by atoms with Crippen molar-refractivity contribution in [1.29, 1.82) is 0 Å². The Kier molecular flexibility index (Phi) is 11.6. The van der Waals surface area contributed by atoms with E-state index < -0.39 is 78.0 Å². The number of carbonyl (C=O) groups excluding carboxylic acids is 3. The molecule has 0 spiro atoms. The molecule has 2 unspecified atom stereocenters. The van der Waals surface area contributed by atoms with Crippen molar-refractivity contribution in [2.45, 2.75) is 119 Å². The molecule has 3 heterocycles. The summed E-state index contributed by atoms with van der Waals surface area (Å²) in [5.74, 6) is -2.68. The SMILES string of the molecule is COc1ccc2c(OC3C[C@H]4C(=O)N[C@]5(P(=O)(O)Cc6c(F)cccc6F)C[C@H]5CCCCCCC[C@H](NC(=O)OC5CCCC5)C(=O)N4C3)ncnc2c1.